The Morgan fingerprint density at radius 3 is 2.69 bits per heavy atom. The predicted molar refractivity (Wildman–Crippen MR) is 42.7 cm³/mol. The van der Waals surface area contributed by atoms with Crippen LogP contribution in [-0.4, -0.2) is 12.1 Å². The fraction of sp³-hybridized carbons (Fsp3) is 0.750. The third-order valence-corrected chi connectivity index (χ3v) is 3.58. The van der Waals surface area contributed by atoms with Gasteiger partial charge in [-0.2, -0.15) is 10.5 Å². The highest BCUT2D eigenvalue weighted by Crippen LogP contribution is 2.44. The second-order valence-electron chi connectivity index (χ2n) is 4.29. The summed E-state index contributed by atoms with van der Waals surface area (Å²) in [6.07, 6.45) is 6.08. The molecule has 1 saturated heterocycles. The zero-order valence-corrected chi connectivity index (χ0v) is 7.16. The lowest BCUT2D eigenvalue weighted by Gasteiger charge is -2.30. The van der Waals surface area contributed by atoms with Gasteiger partial charge in [-0.15, -0.1) is 0 Å². The minimum absolute atomic E-state index is 0.261. The molecule has 2 fully saturated rings. The van der Waals surface area contributed by atoms with Crippen LogP contribution in [0.2, 0.25) is 0 Å². The Morgan fingerprint density at radius 2 is 2.23 bits per heavy atom. The maximum absolute atomic E-state index is 11.5. The van der Waals surface area contributed by atoms with Crippen molar-refractivity contribution in [2.75, 3.05) is 6.54 Å². The maximum atomic E-state index is 11.5. The van der Waals surface area contributed by atoms with Gasteiger partial charge in [-0.25, -0.2) is 0 Å². The lowest BCUT2D eigenvalue weighted by molar-refractivity contribution is -1.28. The second-order valence-corrected chi connectivity index (χ2v) is 4.29. The summed E-state index contributed by atoms with van der Waals surface area (Å²) in [5.74, 6) is 0.764. The standard InChI is InChI=1S/C8H12N2O3/c11-9-5-8(10(12)13-9)4-6-1-2-7(8)3-6/h1-2,6-7,9-10H,3-5H2. The van der Waals surface area contributed by atoms with Crippen molar-refractivity contribution >= 4 is 0 Å². The van der Waals surface area contributed by atoms with Crippen LogP contribution in [0.15, 0.2) is 12.2 Å². The SMILES string of the molecule is [O-][NH+]1CC2(CC3C=CC2C3)[NH+]([O-])O1. The molecule has 0 amide bonds. The molecule has 0 aromatic carbocycles. The summed E-state index contributed by atoms with van der Waals surface area (Å²) in [7, 11) is 0. The van der Waals surface area contributed by atoms with Gasteiger partial charge in [0, 0.05) is 12.3 Å². The molecule has 5 unspecified atom stereocenters. The molecule has 3 aliphatic rings. The van der Waals surface area contributed by atoms with Gasteiger partial charge in [-0.3, -0.25) is 0 Å². The van der Waals surface area contributed by atoms with Gasteiger partial charge in [0.05, 0.1) is 0 Å². The molecule has 1 spiro atoms. The molecule has 2 aliphatic carbocycles. The summed E-state index contributed by atoms with van der Waals surface area (Å²) in [6.45, 7) is 0.303. The molecular weight excluding hydrogens is 172 g/mol. The third kappa shape index (κ3) is 0.880. The molecule has 2 bridgehead atoms. The first-order valence-electron chi connectivity index (χ1n) is 4.64. The van der Waals surface area contributed by atoms with Gasteiger partial charge in [-0.05, 0) is 17.3 Å². The number of rotatable bonds is 0. The van der Waals surface area contributed by atoms with E-state index in [0.29, 0.717) is 12.5 Å². The van der Waals surface area contributed by atoms with E-state index in [4.69, 9.17) is 0 Å². The number of allylic oxidation sites excluding steroid dienone is 1. The van der Waals surface area contributed by atoms with Gasteiger partial charge in [0.1, 0.15) is 0 Å². The fourth-order valence-corrected chi connectivity index (χ4v) is 2.96. The smallest absolute Gasteiger partial charge is 0.191 e. The van der Waals surface area contributed by atoms with Crippen LogP contribution < -0.4 is 10.5 Å². The first-order valence-corrected chi connectivity index (χ1v) is 4.64. The normalized spacial score (nSPS) is 58.3. The molecule has 5 heteroatoms. The number of quaternary nitrogens is 2. The van der Waals surface area contributed by atoms with E-state index >= 15 is 0 Å². The van der Waals surface area contributed by atoms with Crippen LogP contribution in [0.4, 0.5) is 0 Å². The summed E-state index contributed by atoms with van der Waals surface area (Å²) in [6, 6.07) is 0. The lowest BCUT2D eigenvalue weighted by atomic mass is 9.85. The largest absolute Gasteiger partial charge is 0.595 e. The molecule has 5 atom stereocenters. The third-order valence-electron chi connectivity index (χ3n) is 3.58. The molecule has 1 aliphatic heterocycles. The topological polar surface area (TPSA) is 64.2 Å². The molecule has 3 rings (SSSR count). The van der Waals surface area contributed by atoms with E-state index in [2.05, 4.69) is 17.1 Å². The summed E-state index contributed by atoms with van der Waals surface area (Å²) in [5, 5.41) is 21.9. The van der Waals surface area contributed by atoms with Crippen molar-refractivity contribution < 1.29 is 15.4 Å². The van der Waals surface area contributed by atoms with Gasteiger partial charge >= 0.3 is 0 Å². The summed E-state index contributed by atoms with van der Waals surface area (Å²) in [5.41, 5.74) is -0.462. The molecule has 1 saturated carbocycles. The molecule has 1 heterocycles. The first kappa shape index (κ1) is 7.90. The highest BCUT2D eigenvalue weighted by Gasteiger charge is 2.61. The average molecular weight is 184 g/mol. The van der Waals surface area contributed by atoms with Crippen molar-refractivity contribution in [1.82, 2.24) is 0 Å². The number of hydrogen-bond donors (Lipinski definition) is 2. The molecule has 72 valence electrons. The van der Waals surface area contributed by atoms with Crippen LogP contribution in [0.5, 0.6) is 0 Å². The van der Waals surface area contributed by atoms with E-state index in [9.17, 15) is 10.4 Å². The molecule has 0 aromatic heterocycles. The van der Waals surface area contributed by atoms with E-state index < -0.39 is 5.54 Å². The lowest BCUT2D eigenvalue weighted by Crippen LogP contribution is -3.19. The van der Waals surface area contributed by atoms with Crippen molar-refractivity contribution in [3.63, 3.8) is 0 Å². The Balaban J connectivity index is 1.94. The fourth-order valence-electron chi connectivity index (χ4n) is 2.96. The molecular formula is C8H12N2O3. The minimum Gasteiger partial charge on any atom is -0.595 e. The van der Waals surface area contributed by atoms with Gasteiger partial charge in [0.15, 0.2) is 12.1 Å². The summed E-state index contributed by atoms with van der Waals surface area (Å²) in [4.78, 5) is 4.64. The molecule has 2 N–H and O–H groups in total. The van der Waals surface area contributed by atoms with Crippen molar-refractivity contribution in [2.45, 2.75) is 18.4 Å². The van der Waals surface area contributed by atoms with E-state index in [-0.39, 0.29) is 16.4 Å². The number of fused-ring (bicyclic) bond motifs is 3. The molecule has 0 radical (unpaired) electrons. The predicted octanol–water partition coefficient (Wildman–Crippen LogP) is -2.05. The highest BCUT2D eigenvalue weighted by molar-refractivity contribution is 5.16. The molecule has 5 nitrogen and oxygen atoms in total. The Hall–Kier alpha value is -0.460. The summed E-state index contributed by atoms with van der Waals surface area (Å²) < 4.78 is 0. The van der Waals surface area contributed by atoms with Crippen LogP contribution in [-0.2, 0) is 4.94 Å². The minimum atomic E-state index is -0.462. The number of hydrogen-bond acceptors (Lipinski definition) is 3. The zero-order valence-electron chi connectivity index (χ0n) is 7.16. The van der Waals surface area contributed by atoms with E-state index in [1.54, 1.807) is 0 Å². The van der Waals surface area contributed by atoms with Crippen molar-refractivity contribution in [2.24, 2.45) is 11.8 Å². The Labute approximate surface area is 75.6 Å². The molecule has 0 aromatic rings. The average Bonchev–Trinajstić information content (AvgIpc) is 2.68. The highest BCUT2D eigenvalue weighted by atomic mass is 17.1. The number of hydroxylamine groups is 4. The van der Waals surface area contributed by atoms with Gasteiger partial charge in [0.25, 0.3) is 0 Å². The monoisotopic (exact) mass is 184 g/mol. The Bertz CT molecular complexity index is 270. The summed E-state index contributed by atoms with van der Waals surface area (Å²) >= 11 is 0. The van der Waals surface area contributed by atoms with Gasteiger partial charge in [-0.1, -0.05) is 12.2 Å². The quantitative estimate of drug-likeness (QED) is 0.336. The van der Waals surface area contributed by atoms with Crippen molar-refractivity contribution in [1.29, 1.82) is 0 Å². The van der Waals surface area contributed by atoms with Crippen LogP contribution in [0.3, 0.4) is 0 Å². The van der Waals surface area contributed by atoms with Crippen molar-refractivity contribution in [3.8, 4) is 0 Å². The van der Waals surface area contributed by atoms with Crippen LogP contribution in [0, 0.1) is 22.3 Å². The Kier molecular flexibility index (Phi) is 1.41. The van der Waals surface area contributed by atoms with Crippen LogP contribution >= 0.6 is 0 Å². The van der Waals surface area contributed by atoms with Gasteiger partial charge in [0.2, 0.25) is 0 Å². The maximum Gasteiger partial charge on any atom is 0.191 e. The first-order chi connectivity index (χ1) is 6.21. The van der Waals surface area contributed by atoms with Crippen molar-refractivity contribution in [3.05, 3.63) is 22.6 Å². The zero-order chi connectivity index (χ0) is 9.05. The molecule has 13 heavy (non-hydrogen) atoms. The van der Waals surface area contributed by atoms with Crippen LogP contribution in [0.25, 0.3) is 0 Å². The second kappa shape index (κ2) is 2.31. The number of nitrogens with one attached hydrogen (secondary N) is 2. The van der Waals surface area contributed by atoms with E-state index in [1.807, 2.05) is 0 Å². The Morgan fingerprint density at radius 1 is 1.38 bits per heavy atom. The van der Waals surface area contributed by atoms with E-state index in [1.165, 1.54) is 0 Å². The van der Waals surface area contributed by atoms with Gasteiger partial charge < -0.3 is 10.4 Å². The van der Waals surface area contributed by atoms with Crippen LogP contribution in [0.1, 0.15) is 12.8 Å². The van der Waals surface area contributed by atoms with E-state index in [0.717, 1.165) is 12.8 Å².